The van der Waals surface area contributed by atoms with Gasteiger partial charge in [0.25, 0.3) is 11.6 Å². The van der Waals surface area contributed by atoms with Crippen molar-refractivity contribution in [3.05, 3.63) is 123 Å². The Morgan fingerprint density at radius 2 is 1.51 bits per heavy atom. The van der Waals surface area contributed by atoms with Gasteiger partial charge < -0.3 is 14.5 Å². The predicted molar refractivity (Wildman–Crippen MR) is 175 cm³/mol. The van der Waals surface area contributed by atoms with Gasteiger partial charge in [-0.25, -0.2) is 4.79 Å². The summed E-state index contributed by atoms with van der Waals surface area (Å²) in [7, 11) is 1.23. The molecule has 2 atom stereocenters. The number of hydroxylamine groups is 1. The maximum Gasteiger partial charge on any atom is 0.361 e. The highest BCUT2D eigenvalue weighted by Gasteiger charge is 2.43. The number of carbonyl (C=O) groups excluding carboxylic acids is 3. The highest BCUT2D eigenvalue weighted by molar-refractivity contribution is 6.07. The van der Waals surface area contributed by atoms with E-state index in [1.54, 1.807) is 13.8 Å². The van der Waals surface area contributed by atoms with Crippen molar-refractivity contribution >= 4 is 29.2 Å². The minimum absolute atomic E-state index is 0.0503. The zero-order valence-corrected chi connectivity index (χ0v) is 26.7. The number of carbonyl (C=O) groups is 3. The lowest BCUT2D eigenvalue weighted by Gasteiger charge is -2.43. The number of rotatable bonds is 9. The topological polar surface area (TPSA) is 140 Å². The summed E-state index contributed by atoms with van der Waals surface area (Å²) >= 11 is 0. The van der Waals surface area contributed by atoms with Gasteiger partial charge in [0.1, 0.15) is 5.92 Å². The van der Waals surface area contributed by atoms with Crippen LogP contribution >= 0.6 is 0 Å². The van der Waals surface area contributed by atoms with Crippen molar-refractivity contribution in [2.75, 3.05) is 26.7 Å². The van der Waals surface area contributed by atoms with Crippen LogP contribution in [0.5, 0.6) is 0 Å². The van der Waals surface area contributed by atoms with Gasteiger partial charge in [-0.05, 0) is 56.5 Å². The lowest BCUT2D eigenvalue weighted by Crippen LogP contribution is -2.44. The standard InChI is InChI=1S/C36H38N4O7/c1-24-31(34(42)46-3)33(26-14-16-29(17-15-26)40(44)45)32(25(2)37-24)35(43)47-38-30(41)18-21-39-22-19-36(20-23-39,27-10-6-4-7-11-27)28-12-8-5-9-13-28/h4-17,31,33H,18-23H2,1-3H3,(H,38,41). The van der Waals surface area contributed by atoms with E-state index in [-0.39, 0.29) is 23.1 Å². The summed E-state index contributed by atoms with van der Waals surface area (Å²) < 4.78 is 5.01. The average molecular weight is 639 g/mol. The largest absolute Gasteiger partial charge is 0.468 e. The first-order chi connectivity index (χ1) is 22.6. The number of nitro benzene ring substituents is 1. The second-order valence-electron chi connectivity index (χ2n) is 11.9. The van der Waals surface area contributed by atoms with Gasteiger partial charge in [0.05, 0.1) is 17.6 Å². The van der Waals surface area contributed by atoms with Crippen LogP contribution in [-0.2, 0) is 29.4 Å². The van der Waals surface area contributed by atoms with Crippen LogP contribution in [0.25, 0.3) is 0 Å². The highest BCUT2D eigenvalue weighted by Crippen LogP contribution is 2.42. The van der Waals surface area contributed by atoms with Gasteiger partial charge in [-0.1, -0.05) is 72.8 Å². The fourth-order valence-corrected chi connectivity index (χ4v) is 6.78. The highest BCUT2D eigenvalue weighted by atomic mass is 16.7. The molecule has 11 heteroatoms. The number of nitro groups is 1. The van der Waals surface area contributed by atoms with Crippen molar-refractivity contribution in [3.8, 4) is 0 Å². The molecule has 11 nitrogen and oxygen atoms in total. The van der Waals surface area contributed by atoms with Crippen LogP contribution in [0, 0.1) is 16.0 Å². The number of ether oxygens (including phenoxy) is 1. The molecule has 2 aliphatic rings. The molecule has 2 aliphatic heterocycles. The second kappa shape index (κ2) is 14.5. The van der Waals surface area contributed by atoms with Crippen LogP contribution < -0.4 is 5.48 Å². The van der Waals surface area contributed by atoms with Gasteiger partial charge in [0.2, 0.25) is 0 Å². The summed E-state index contributed by atoms with van der Waals surface area (Å²) in [6, 6.07) is 26.6. The van der Waals surface area contributed by atoms with Crippen molar-refractivity contribution in [1.29, 1.82) is 0 Å². The quantitative estimate of drug-likeness (QED) is 0.190. The van der Waals surface area contributed by atoms with Crippen molar-refractivity contribution in [2.24, 2.45) is 10.9 Å². The molecule has 1 amide bonds. The molecular formula is C36H38N4O7. The van der Waals surface area contributed by atoms with Gasteiger partial charge in [-0.3, -0.25) is 24.7 Å². The van der Waals surface area contributed by atoms with Gasteiger partial charge in [0.15, 0.2) is 0 Å². The fraction of sp³-hybridized carbons (Fsp3) is 0.333. The first kappa shape index (κ1) is 33.2. The Balaban J connectivity index is 1.23. The molecule has 47 heavy (non-hydrogen) atoms. The Morgan fingerprint density at radius 3 is 2.04 bits per heavy atom. The first-order valence-electron chi connectivity index (χ1n) is 15.6. The number of esters is 1. The number of methoxy groups -OCH3 is 1. The fourth-order valence-electron chi connectivity index (χ4n) is 6.78. The number of hydrogen-bond acceptors (Lipinski definition) is 9. The Morgan fingerprint density at radius 1 is 0.936 bits per heavy atom. The third-order valence-corrected chi connectivity index (χ3v) is 9.24. The van der Waals surface area contributed by atoms with E-state index >= 15 is 0 Å². The molecule has 0 bridgehead atoms. The van der Waals surface area contributed by atoms with E-state index in [9.17, 15) is 24.5 Å². The van der Waals surface area contributed by atoms with Crippen molar-refractivity contribution < 1.29 is 28.9 Å². The van der Waals surface area contributed by atoms with Gasteiger partial charge in [0, 0.05) is 47.8 Å². The zero-order chi connectivity index (χ0) is 33.6. The molecular weight excluding hydrogens is 600 g/mol. The van der Waals surface area contributed by atoms with E-state index in [1.807, 2.05) is 12.1 Å². The van der Waals surface area contributed by atoms with Crippen LogP contribution in [0.4, 0.5) is 5.69 Å². The summed E-state index contributed by atoms with van der Waals surface area (Å²) in [6.07, 6.45) is 1.91. The summed E-state index contributed by atoms with van der Waals surface area (Å²) in [5.41, 5.74) is 5.83. The van der Waals surface area contributed by atoms with E-state index in [4.69, 9.17) is 9.57 Å². The molecule has 0 spiro atoms. The van der Waals surface area contributed by atoms with E-state index in [0.717, 1.165) is 25.9 Å². The summed E-state index contributed by atoms with van der Waals surface area (Å²) in [5, 5.41) is 11.2. The van der Waals surface area contributed by atoms with Crippen LogP contribution in [-0.4, -0.2) is 60.1 Å². The average Bonchev–Trinajstić information content (AvgIpc) is 3.10. The number of benzene rings is 3. The van der Waals surface area contributed by atoms with Crippen LogP contribution in [0.3, 0.4) is 0 Å². The number of likely N-dealkylation sites (tertiary alicyclic amines) is 1. The number of amides is 1. The maximum absolute atomic E-state index is 13.4. The molecule has 0 aromatic heterocycles. The van der Waals surface area contributed by atoms with Crippen LogP contribution in [0.15, 0.2) is 101 Å². The first-order valence-corrected chi connectivity index (χ1v) is 15.6. The van der Waals surface area contributed by atoms with Gasteiger partial charge in [-0.2, -0.15) is 5.48 Å². The number of piperidine rings is 1. The molecule has 1 fully saturated rings. The molecule has 0 saturated carbocycles. The van der Waals surface area contributed by atoms with Crippen LogP contribution in [0.2, 0.25) is 0 Å². The molecule has 5 rings (SSSR count). The maximum atomic E-state index is 13.4. The van der Waals surface area contributed by atoms with E-state index in [0.29, 0.717) is 23.5 Å². The molecule has 0 aliphatic carbocycles. The summed E-state index contributed by atoms with van der Waals surface area (Å²) in [6.45, 7) is 5.34. The molecule has 1 saturated heterocycles. The summed E-state index contributed by atoms with van der Waals surface area (Å²) in [5.74, 6) is -3.83. The Hall–Kier alpha value is -5.16. The minimum atomic E-state index is -0.971. The minimum Gasteiger partial charge on any atom is -0.468 e. The lowest BCUT2D eigenvalue weighted by molar-refractivity contribution is -0.384. The van der Waals surface area contributed by atoms with Crippen LogP contribution in [0.1, 0.15) is 55.7 Å². The van der Waals surface area contributed by atoms with Crippen molar-refractivity contribution in [3.63, 3.8) is 0 Å². The number of hydrogen-bond donors (Lipinski definition) is 1. The summed E-state index contributed by atoms with van der Waals surface area (Å²) in [4.78, 5) is 61.7. The Labute approximate surface area is 273 Å². The van der Waals surface area contributed by atoms with Crippen molar-refractivity contribution in [1.82, 2.24) is 10.4 Å². The second-order valence-corrected chi connectivity index (χ2v) is 11.9. The zero-order valence-electron chi connectivity index (χ0n) is 26.7. The molecule has 1 N–H and O–H groups in total. The molecule has 3 aromatic carbocycles. The third kappa shape index (κ3) is 7.15. The molecule has 3 aromatic rings. The number of nitrogens with zero attached hydrogens (tertiary/aromatic N) is 3. The van der Waals surface area contributed by atoms with Gasteiger partial charge >= 0.3 is 11.9 Å². The molecule has 244 valence electrons. The smallest absolute Gasteiger partial charge is 0.361 e. The monoisotopic (exact) mass is 638 g/mol. The lowest BCUT2D eigenvalue weighted by atomic mass is 9.68. The number of non-ortho nitro benzene ring substituents is 1. The number of allylic oxidation sites excluding steroid dienone is 1. The Bertz CT molecular complexity index is 1640. The normalized spacial score (nSPS) is 19.3. The molecule has 0 radical (unpaired) electrons. The number of nitrogens with one attached hydrogen (secondary N) is 1. The van der Waals surface area contributed by atoms with Gasteiger partial charge in [-0.15, -0.1) is 0 Å². The van der Waals surface area contributed by atoms with E-state index in [1.165, 1.54) is 42.5 Å². The van der Waals surface area contributed by atoms with E-state index < -0.39 is 34.6 Å². The predicted octanol–water partition coefficient (Wildman–Crippen LogP) is 5.26. The molecule has 2 heterocycles. The van der Waals surface area contributed by atoms with Crippen molar-refractivity contribution in [2.45, 2.75) is 44.4 Å². The SMILES string of the molecule is COC(=O)C1C(C)=NC(C)=C(C(=O)ONC(=O)CCN2CCC(c3ccccc3)(c3ccccc3)CC2)C1c1ccc([N+](=O)[O-])cc1. The third-order valence-electron chi connectivity index (χ3n) is 9.24. The molecule has 2 unspecified atom stereocenters. The Kier molecular flexibility index (Phi) is 10.3. The van der Waals surface area contributed by atoms with E-state index in [2.05, 4.69) is 63.9 Å². The number of aliphatic imine (C=N–C) groups is 1.